The van der Waals surface area contributed by atoms with Crippen LogP contribution in [0.3, 0.4) is 0 Å². The quantitative estimate of drug-likeness (QED) is 0.903. The Kier molecular flexibility index (Phi) is 3.74. The average molecular weight is 276 g/mol. The fourth-order valence-electron chi connectivity index (χ4n) is 1.60. The van der Waals surface area contributed by atoms with Gasteiger partial charge in [0.15, 0.2) is 11.6 Å². The molecule has 4 nitrogen and oxygen atoms in total. The van der Waals surface area contributed by atoms with Crippen molar-refractivity contribution in [1.29, 1.82) is 0 Å². The maximum atomic E-state index is 13.4. The zero-order chi connectivity index (χ0) is 14.7. The largest absolute Gasteiger partial charge is 0.366 e. The molecule has 0 unspecified atom stereocenters. The number of nitrogens with two attached hydrogens (primary N) is 1. The van der Waals surface area contributed by atoms with E-state index in [9.17, 15) is 18.4 Å². The Morgan fingerprint density at radius 1 is 1.00 bits per heavy atom. The summed E-state index contributed by atoms with van der Waals surface area (Å²) in [5, 5.41) is 2.39. The van der Waals surface area contributed by atoms with E-state index in [0.29, 0.717) is 5.69 Å². The van der Waals surface area contributed by atoms with Gasteiger partial charge >= 0.3 is 0 Å². The lowest BCUT2D eigenvalue weighted by Gasteiger charge is -2.07. The molecule has 0 aliphatic heterocycles. The standard InChI is InChI=1S/C14H10F2N2O2/c15-11-3-1-2-10(12(11)16)14(20)18-9-6-4-8(5-7-9)13(17)19/h1-7H,(H2,17,19)(H,18,20). The van der Waals surface area contributed by atoms with Crippen LogP contribution in [0.1, 0.15) is 20.7 Å². The molecule has 6 heteroatoms. The number of amides is 2. The van der Waals surface area contributed by atoms with Crippen LogP contribution in [-0.4, -0.2) is 11.8 Å². The molecular formula is C14H10F2N2O2. The second kappa shape index (κ2) is 5.48. The lowest BCUT2D eigenvalue weighted by molar-refractivity contribution is 0.0997. The number of hydrogen-bond donors (Lipinski definition) is 2. The van der Waals surface area contributed by atoms with Gasteiger partial charge in [-0.1, -0.05) is 6.07 Å². The lowest BCUT2D eigenvalue weighted by Crippen LogP contribution is -2.15. The molecule has 0 heterocycles. The molecule has 2 amide bonds. The Hall–Kier alpha value is -2.76. The van der Waals surface area contributed by atoms with Gasteiger partial charge in [-0.3, -0.25) is 9.59 Å². The molecule has 2 aromatic rings. The molecule has 0 saturated carbocycles. The Morgan fingerprint density at radius 3 is 2.25 bits per heavy atom. The summed E-state index contributed by atoms with van der Waals surface area (Å²) in [4.78, 5) is 22.7. The maximum absolute atomic E-state index is 13.4. The van der Waals surface area contributed by atoms with Gasteiger partial charge in [0.05, 0.1) is 5.56 Å². The van der Waals surface area contributed by atoms with Crippen molar-refractivity contribution < 1.29 is 18.4 Å². The van der Waals surface area contributed by atoms with Gasteiger partial charge < -0.3 is 11.1 Å². The van der Waals surface area contributed by atoms with E-state index in [2.05, 4.69) is 5.32 Å². The summed E-state index contributed by atoms with van der Waals surface area (Å²) in [7, 11) is 0. The van der Waals surface area contributed by atoms with E-state index in [1.165, 1.54) is 36.4 Å². The smallest absolute Gasteiger partial charge is 0.258 e. The summed E-state index contributed by atoms with van der Waals surface area (Å²) >= 11 is 0. The van der Waals surface area contributed by atoms with Crippen molar-refractivity contribution in [1.82, 2.24) is 0 Å². The summed E-state index contributed by atoms with van der Waals surface area (Å²) in [6, 6.07) is 9.05. The van der Waals surface area contributed by atoms with Crippen LogP contribution in [0.15, 0.2) is 42.5 Å². The Balaban J connectivity index is 2.19. The highest BCUT2D eigenvalue weighted by Crippen LogP contribution is 2.15. The average Bonchev–Trinajstić information content (AvgIpc) is 2.42. The first-order valence-electron chi connectivity index (χ1n) is 5.64. The van der Waals surface area contributed by atoms with Gasteiger partial charge in [0, 0.05) is 11.3 Å². The molecule has 0 aromatic heterocycles. The number of halogens is 2. The van der Waals surface area contributed by atoms with Gasteiger partial charge in [0.25, 0.3) is 5.91 Å². The molecule has 0 radical (unpaired) electrons. The fraction of sp³-hybridized carbons (Fsp3) is 0. The number of carbonyl (C=O) groups is 2. The molecule has 20 heavy (non-hydrogen) atoms. The fourth-order valence-corrected chi connectivity index (χ4v) is 1.60. The van der Waals surface area contributed by atoms with Crippen LogP contribution in [0, 0.1) is 11.6 Å². The van der Waals surface area contributed by atoms with Crippen molar-refractivity contribution in [3.8, 4) is 0 Å². The molecule has 0 spiro atoms. The minimum atomic E-state index is -1.21. The van der Waals surface area contributed by atoms with Crippen LogP contribution in [0.2, 0.25) is 0 Å². The molecular weight excluding hydrogens is 266 g/mol. The van der Waals surface area contributed by atoms with Gasteiger partial charge in [-0.05, 0) is 36.4 Å². The zero-order valence-corrected chi connectivity index (χ0v) is 10.2. The van der Waals surface area contributed by atoms with E-state index in [1.807, 2.05) is 0 Å². The first kappa shape index (κ1) is 13.7. The van der Waals surface area contributed by atoms with Gasteiger partial charge in [0.1, 0.15) is 0 Å². The van der Waals surface area contributed by atoms with Gasteiger partial charge in [-0.2, -0.15) is 0 Å². The van der Waals surface area contributed by atoms with Gasteiger partial charge in [-0.25, -0.2) is 8.78 Å². The summed E-state index contributed by atoms with van der Waals surface area (Å²) in [5.41, 5.74) is 5.29. The van der Waals surface area contributed by atoms with Gasteiger partial charge in [-0.15, -0.1) is 0 Å². The van der Waals surface area contributed by atoms with Crippen LogP contribution >= 0.6 is 0 Å². The van der Waals surface area contributed by atoms with Crippen molar-refractivity contribution in [3.05, 3.63) is 65.2 Å². The van der Waals surface area contributed by atoms with Crippen LogP contribution in [0.25, 0.3) is 0 Å². The molecule has 0 aliphatic carbocycles. The van der Waals surface area contributed by atoms with Crippen molar-refractivity contribution in [2.45, 2.75) is 0 Å². The van der Waals surface area contributed by atoms with E-state index >= 15 is 0 Å². The number of primary amides is 1. The monoisotopic (exact) mass is 276 g/mol. The van der Waals surface area contributed by atoms with Gasteiger partial charge in [0.2, 0.25) is 5.91 Å². The highest BCUT2D eigenvalue weighted by molar-refractivity contribution is 6.04. The second-order valence-corrected chi connectivity index (χ2v) is 4.00. The SMILES string of the molecule is NC(=O)c1ccc(NC(=O)c2cccc(F)c2F)cc1. The molecule has 102 valence electrons. The molecule has 2 aromatic carbocycles. The number of hydrogen-bond acceptors (Lipinski definition) is 2. The van der Waals surface area contributed by atoms with Crippen LogP contribution in [-0.2, 0) is 0 Å². The number of rotatable bonds is 3. The summed E-state index contributed by atoms with van der Waals surface area (Å²) in [6.07, 6.45) is 0. The van der Waals surface area contributed by atoms with Crippen LogP contribution < -0.4 is 11.1 Å². The zero-order valence-electron chi connectivity index (χ0n) is 10.2. The summed E-state index contributed by atoms with van der Waals surface area (Å²) < 4.78 is 26.4. The maximum Gasteiger partial charge on any atom is 0.258 e. The topological polar surface area (TPSA) is 72.2 Å². The summed E-state index contributed by atoms with van der Waals surface area (Å²) in [6.45, 7) is 0. The Morgan fingerprint density at radius 2 is 1.65 bits per heavy atom. The number of carbonyl (C=O) groups excluding carboxylic acids is 2. The van der Waals surface area contributed by atoms with Crippen molar-refractivity contribution in [2.75, 3.05) is 5.32 Å². The minimum Gasteiger partial charge on any atom is -0.366 e. The van der Waals surface area contributed by atoms with Crippen molar-refractivity contribution in [2.24, 2.45) is 5.73 Å². The lowest BCUT2D eigenvalue weighted by atomic mass is 10.1. The van der Waals surface area contributed by atoms with Crippen LogP contribution in [0.5, 0.6) is 0 Å². The van der Waals surface area contributed by atoms with E-state index in [4.69, 9.17) is 5.73 Å². The van der Waals surface area contributed by atoms with Crippen LogP contribution in [0.4, 0.5) is 14.5 Å². The third-order valence-corrected chi connectivity index (χ3v) is 2.62. The summed E-state index contributed by atoms with van der Waals surface area (Å²) in [5.74, 6) is -3.69. The predicted octanol–water partition coefficient (Wildman–Crippen LogP) is 2.32. The molecule has 0 bridgehead atoms. The first-order chi connectivity index (χ1) is 9.49. The Bertz CT molecular complexity index is 669. The van der Waals surface area contributed by atoms with Crippen molar-refractivity contribution >= 4 is 17.5 Å². The molecule has 0 saturated heterocycles. The molecule has 2 rings (SSSR count). The third-order valence-electron chi connectivity index (χ3n) is 2.62. The minimum absolute atomic E-state index is 0.278. The molecule has 3 N–H and O–H groups in total. The number of anilines is 1. The molecule has 0 fully saturated rings. The van der Waals surface area contributed by atoms with E-state index in [1.54, 1.807) is 0 Å². The first-order valence-corrected chi connectivity index (χ1v) is 5.64. The molecule has 0 atom stereocenters. The molecule has 0 aliphatic rings. The highest BCUT2D eigenvalue weighted by Gasteiger charge is 2.15. The van der Waals surface area contributed by atoms with E-state index in [-0.39, 0.29) is 5.56 Å². The number of nitrogens with one attached hydrogen (secondary N) is 1. The number of benzene rings is 2. The Labute approximate surface area is 113 Å². The highest BCUT2D eigenvalue weighted by atomic mass is 19.2. The van der Waals surface area contributed by atoms with E-state index < -0.39 is 29.0 Å². The third kappa shape index (κ3) is 2.80. The van der Waals surface area contributed by atoms with Crippen molar-refractivity contribution in [3.63, 3.8) is 0 Å². The van der Waals surface area contributed by atoms with E-state index in [0.717, 1.165) is 6.07 Å². The normalized spacial score (nSPS) is 10.1. The predicted molar refractivity (Wildman–Crippen MR) is 69.3 cm³/mol. The second-order valence-electron chi connectivity index (χ2n) is 4.00.